The van der Waals surface area contributed by atoms with Gasteiger partial charge in [0, 0.05) is 10.9 Å². The lowest BCUT2D eigenvalue weighted by Crippen LogP contribution is -2.07. The minimum Gasteiger partial charge on any atom is -0.260 e. The number of aromatic nitrogens is 3. The number of fused-ring (bicyclic) bond motifs is 1. The van der Waals surface area contributed by atoms with Crippen molar-refractivity contribution in [2.24, 2.45) is 0 Å². The number of nitrogens with one attached hydrogen (secondary N) is 1. The van der Waals surface area contributed by atoms with Crippen molar-refractivity contribution in [3.8, 4) is 11.3 Å². The van der Waals surface area contributed by atoms with Gasteiger partial charge in [-0.05, 0) is 12.1 Å². The van der Waals surface area contributed by atoms with Gasteiger partial charge in [0.15, 0.2) is 5.65 Å². The molecule has 2 heterocycles. The molecule has 0 saturated carbocycles. The van der Waals surface area contributed by atoms with E-state index in [1.165, 1.54) is 6.07 Å². The molecule has 3 nitrogen and oxygen atoms in total. The summed E-state index contributed by atoms with van der Waals surface area (Å²) in [4.78, 5) is 3.55. The minimum atomic E-state index is -4.45. The van der Waals surface area contributed by atoms with Gasteiger partial charge < -0.3 is 0 Å². The smallest absolute Gasteiger partial charge is 0.260 e. The Bertz CT molecular complexity index is 717. The van der Waals surface area contributed by atoms with Crippen LogP contribution in [0.4, 0.5) is 13.2 Å². The van der Waals surface area contributed by atoms with Crippen LogP contribution in [0.1, 0.15) is 5.69 Å². The third-order valence-corrected chi connectivity index (χ3v) is 2.76. The average Bonchev–Trinajstić information content (AvgIpc) is 2.81. The van der Waals surface area contributed by atoms with Crippen molar-refractivity contribution in [3.63, 3.8) is 0 Å². The SMILES string of the molecule is FC(F)(F)c1ccc2c(-c3ccccc3)n[nH]c2n1. The average molecular weight is 263 g/mol. The van der Waals surface area contributed by atoms with Crippen molar-refractivity contribution in [2.45, 2.75) is 6.18 Å². The van der Waals surface area contributed by atoms with E-state index in [1.54, 1.807) is 0 Å². The Morgan fingerprint density at radius 1 is 0.947 bits per heavy atom. The molecule has 0 aliphatic rings. The van der Waals surface area contributed by atoms with Gasteiger partial charge in [-0.15, -0.1) is 0 Å². The molecule has 96 valence electrons. The van der Waals surface area contributed by atoms with Crippen LogP contribution in [-0.2, 0) is 6.18 Å². The fourth-order valence-corrected chi connectivity index (χ4v) is 1.88. The Kier molecular flexibility index (Phi) is 2.51. The van der Waals surface area contributed by atoms with Crippen LogP contribution in [0, 0.1) is 0 Å². The molecule has 0 bridgehead atoms. The number of nitrogens with zero attached hydrogens (tertiary/aromatic N) is 2. The molecule has 6 heteroatoms. The first-order valence-corrected chi connectivity index (χ1v) is 5.53. The summed E-state index contributed by atoms with van der Waals surface area (Å²) in [5, 5.41) is 7.14. The van der Waals surface area contributed by atoms with Crippen LogP contribution in [-0.4, -0.2) is 15.2 Å². The summed E-state index contributed by atoms with van der Waals surface area (Å²) in [6.45, 7) is 0. The lowest BCUT2D eigenvalue weighted by Gasteiger charge is -2.04. The van der Waals surface area contributed by atoms with E-state index in [0.29, 0.717) is 11.1 Å². The van der Waals surface area contributed by atoms with Crippen molar-refractivity contribution >= 4 is 11.0 Å². The topological polar surface area (TPSA) is 41.6 Å². The van der Waals surface area contributed by atoms with Crippen LogP contribution in [0.5, 0.6) is 0 Å². The van der Waals surface area contributed by atoms with Crippen LogP contribution >= 0.6 is 0 Å². The van der Waals surface area contributed by atoms with Crippen molar-refractivity contribution in [3.05, 3.63) is 48.2 Å². The van der Waals surface area contributed by atoms with E-state index >= 15 is 0 Å². The Balaban J connectivity index is 2.16. The third-order valence-electron chi connectivity index (χ3n) is 2.76. The summed E-state index contributed by atoms with van der Waals surface area (Å²) in [7, 11) is 0. The summed E-state index contributed by atoms with van der Waals surface area (Å²) in [5.41, 5.74) is 0.629. The molecule has 1 N–H and O–H groups in total. The first-order valence-electron chi connectivity index (χ1n) is 5.53. The first kappa shape index (κ1) is 11.7. The van der Waals surface area contributed by atoms with E-state index in [-0.39, 0.29) is 5.65 Å². The highest BCUT2D eigenvalue weighted by Crippen LogP contribution is 2.31. The summed E-state index contributed by atoms with van der Waals surface area (Å²) < 4.78 is 37.6. The van der Waals surface area contributed by atoms with Gasteiger partial charge in [-0.2, -0.15) is 18.3 Å². The Morgan fingerprint density at radius 3 is 2.37 bits per heavy atom. The minimum absolute atomic E-state index is 0.133. The highest BCUT2D eigenvalue weighted by atomic mass is 19.4. The van der Waals surface area contributed by atoms with Crippen LogP contribution in [0.2, 0.25) is 0 Å². The molecule has 0 spiro atoms. The van der Waals surface area contributed by atoms with Crippen LogP contribution in [0.25, 0.3) is 22.3 Å². The summed E-state index contributed by atoms with van der Waals surface area (Å²) in [5.74, 6) is 0. The lowest BCUT2D eigenvalue weighted by atomic mass is 10.1. The largest absolute Gasteiger partial charge is 0.433 e. The maximum absolute atomic E-state index is 12.5. The second kappa shape index (κ2) is 4.08. The number of halogens is 3. The van der Waals surface area contributed by atoms with E-state index in [1.807, 2.05) is 30.3 Å². The summed E-state index contributed by atoms with van der Waals surface area (Å²) >= 11 is 0. The molecule has 0 saturated heterocycles. The second-order valence-electron chi connectivity index (χ2n) is 4.03. The molecular formula is C13H8F3N3. The highest BCUT2D eigenvalue weighted by molar-refractivity contribution is 5.90. The Labute approximate surface area is 106 Å². The van der Waals surface area contributed by atoms with Gasteiger partial charge in [0.05, 0.1) is 0 Å². The Morgan fingerprint density at radius 2 is 1.68 bits per heavy atom. The van der Waals surface area contributed by atoms with Gasteiger partial charge in [-0.25, -0.2) is 4.98 Å². The van der Waals surface area contributed by atoms with E-state index in [0.717, 1.165) is 11.6 Å². The number of benzene rings is 1. The number of alkyl halides is 3. The molecule has 3 rings (SSSR count). The predicted octanol–water partition coefficient (Wildman–Crippen LogP) is 3.64. The standard InChI is InChI=1S/C13H8F3N3/c14-13(15,16)10-7-6-9-11(18-19-12(9)17-10)8-4-2-1-3-5-8/h1-7H,(H,17,18,19). The monoisotopic (exact) mass is 263 g/mol. The number of aromatic amines is 1. The van der Waals surface area contributed by atoms with E-state index < -0.39 is 11.9 Å². The maximum Gasteiger partial charge on any atom is 0.433 e. The predicted molar refractivity (Wildman–Crippen MR) is 64.3 cm³/mol. The number of rotatable bonds is 1. The highest BCUT2D eigenvalue weighted by Gasteiger charge is 2.32. The first-order chi connectivity index (χ1) is 9.05. The van der Waals surface area contributed by atoms with Crippen LogP contribution < -0.4 is 0 Å². The third kappa shape index (κ3) is 2.05. The van der Waals surface area contributed by atoms with Gasteiger partial charge in [0.25, 0.3) is 0 Å². The van der Waals surface area contributed by atoms with Gasteiger partial charge in [0.1, 0.15) is 11.4 Å². The summed E-state index contributed by atoms with van der Waals surface area (Å²) in [6.07, 6.45) is -4.45. The molecule has 0 radical (unpaired) electrons. The van der Waals surface area contributed by atoms with Gasteiger partial charge >= 0.3 is 6.18 Å². The number of pyridine rings is 1. The molecule has 2 aromatic heterocycles. The molecule has 0 unspecified atom stereocenters. The quantitative estimate of drug-likeness (QED) is 0.728. The molecule has 0 aliphatic heterocycles. The summed E-state index contributed by atoms with van der Waals surface area (Å²) in [6, 6.07) is 11.6. The zero-order chi connectivity index (χ0) is 13.5. The number of hydrogen-bond acceptors (Lipinski definition) is 2. The second-order valence-corrected chi connectivity index (χ2v) is 4.03. The fourth-order valence-electron chi connectivity index (χ4n) is 1.88. The van der Waals surface area contributed by atoms with E-state index in [2.05, 4.69) is 15.2 Å². The molecule has 1 aromatic carbocycles. The zero-order valence-corrected chi connectivity index (χ0v) is 9.57. The normalized spacial score (nSPS) is 11.9. The van der Waals surface area contributed by atoms with Crippen molar-refractivity contribution in [1.29, 1.82) is 0 Å². The molecular weight excluding hydrogens is 255 g/mol. The van der Waals surface area contributed by atoms with E-state index in [4.69, 9.17) is 0 Å². The Hall–Kier alpha value is -2.37. The fraction of sp³-hybridized carbons (Fsp3) is 0.0769. The van der Waals surface area contributed by atoms with Crippen LogP contribution in [0.3, 0.4) is 0 Å². The molecule has 19 heavy (non-hydrogen) atoms. The number of hydrogen-bond donors (Lipinski definition) is 1. The lowest BCUT2D eigenvalue weighted by molar-refractivity contribution is -0.141. The maximum atomic E-state index is 12.5. The van der Waals surface area contributed by atoms with Gasteiger partial charge in [-0.1, -0.05) is 30.3 Å². The number of H-pyrrole nitrogens is 1. The molecule has 0 fully saturated rings. The van der Waals surface area contributed by atoms with E-state index in [9.17, 15) is 13.2 Å². The molecule has 0 aliphatic carbocycles. The molecule has 0 atom stereocenters. The molecule has 0 amide bonds. The van der Waals surface area contributed by atoms with Crippen molar-refractivity contribution in [1.82, 2.24) is 15.2 Å². The zero-order valence-electron chi connectivity index (χ0n) is 9.57. The molecule has 3 aromatic rings. The van der Waals surface area contributed by atoms with Gasteiger partial charge in [-0.3, -0.25) is 5.10 Å². The van der Waals surface area contributed by atoms with Crippen molar-refractivity contribution < 1.29 is 13.2 Å². The van der Waals surface area contributed by atoms with Crippen molar-refractivity contribution in [2.75, 3.05) is 0 Å². The van der Waals surface area contributed by atoms with Crippen LogP contribution in [0.15, 0.2) is 42.5 Å². The van der Waals surface area contributed by atoms with Gasteiger partial charge in [0.2, 0.25) is 0 Å².